The van der Waals surface area contributed by atoms with Crippen LogP contribution in [-0.2, 0) is 11.3 Å². The number of nitrogens with one attached hydrogen (secondary N) is 3. The SMILES string of the molecule is CN=C(NCCN(C)CCCOC)NCc1cccc(C(=O)NCCN(C)C)c1. The van der Waals surface area contributed by atoms with Crippen LogP contribution in [0.5, 0.6) is 0 Å². The summed E-state index contributed by atoms with van der Waals surface area (Å²) in [5.74, 6) is 0.698. The Hall–Kier alpha value is -2.16. The smallest absolute Gasteiger partial charge is 0.251 e. The monoisotopic (exact) mass is 406 g/mol. The van der Waals surface area contributed by atoms with Crippen LogP contribution in [0.15, 0.2) is 29.3 Å². The number of aliphatic imine (C=N–C) groups is 1. The number of ether oxygens (including phenoxy) is 1. The largest absolute Gasteiger partial charge is 0.385 e. The Bertz CT molecular complexity index is 621. The second-order valence-corrected chi connectivity index (χ2v) is 7.26. The van der Waals surface area contributed by atoms with Crippen LogP contribution in [-0.4, -0.2) is 96.3 Å². The number of guanidine groups is 1. The number of hydrogen-bond donors (Lipinski definition) is 3. The van der Waals surface area contributed by atoms with Gasteiger partial charge in [-0.1, -0.05) is 12.1 Å². The normalized spacial score (nSPS) is 11.8. The van der Waals surface area contributed by atoms with Gasteiger partial charge in [0.1, 0.15) is 0 Å². The molecule has 1 aromatic rings. The van der Waals surface area contributed by atoms with Crippen LogP contribution in [0.1, 0.15) is 22.3 Å². The van der Waals surface area contributed by atoms with E-state index in [0.717, 1.165) is 50.7 Å². The van der Waals surface area contributed by atoms with Gasteiger partial charge in [-0.25, -0.2) is 0 Å². The van der Waals surface area contributed by atoms with Gasteiger partial charge >= 0.3 is 0 Å². The second-order valence-electron chi connectivity index (χ2n) is 7.26. The highest BCUT2D eigenvalue weighted by Crippen LogP contribution is 2.05. The van der Waals surface area contributed by atoms with E-state index in [1.54, 1.807) is 14.2 Å². The fraction of sp³-hybridized carbons (Fsp3) is 0.619. The lowest BCUT2D eigenvalue weighted by atomic mass is 10.1. The van der Waals surface area contributed by atoms with E-state index in [2.05, 4.69) is 32.9 Å². The van der Waals surface area contributed by atoms with Gasteiger partial charge in [0, 0.05) is 65.6 Å². The molecular weight excluding hydrogens is 368 g/mol. The predicted molar refractivity (Wildman–Crippen MR) is 120 cm³/mol. The van der Waals surface area contributed by atoms with Crippen molar-refractivity contribution < 1.29 is 9.53 Å². The summed E-state index contributed by atoms with van der Waals surface area (Å²) in [7, 11) is 9.55. The number of benzene rings is 1. The van der Waals surface area contributed by atoms with Gasteiger partial charge in [0.25, 0.3) is 5.91 Å². The third-order valence-electron chi connectivity index (χ3n) is 4.39. The van der Waals surface area contributed by atoms with E-state index in [1.165, 1.54) is 0 Å². The molecule has 0 saturated heterocycles. The van der Waals surface area contributed by atoms with E-state index in [0.29, 0.717) is 18.7 Å². The van der Waals surface area contributed by atoms with Gasteiger partial charge in [-0.2, -0.15) is 0 Å². The number of carbonyl (C=O) groups is 1. The Morgan fingerprint density at radius 3 is 2.52 bits per heavy atom. The molecule has 0 heterocycles. The second kappa shape index (κ2) is 14.8. The molecule has 0 saturated carbocycles. The molecule has 8 heteroatoms. The molecule has 29 heavy (non-hydrogen) atoms. The summed E-state index contributed by atoms with van der Waals surface area (Å²) in [5, 5.41) is 9.56. The van der Waals surface area contributed by atoms with Gasteiger partial charge in [-0.05, 0) is 45.3 Å². The zero-order chi connectivity index (χ0) is 21.5. The van der Waals surface area contributed by atoms with Crippen molar-refractivity contribution in [1.82, 2.24) is 25.8 Å². The summed E-state index contributed by atoms with van der Waals surface area (Å²) in [6.45, 7) is 5.56. The molecule has 164 valence electrons. The fourth-order valence-corrected chi connectivity index (χ4v) is 2.68. The molecule has 0 aliphatic carbocycles. The summed E-state index contributed by atoms with van der Waals surface area (Å²) in [4.78, 5) is 20.8. The molecule has 1 rings (SSSR count). The average molecular weight is 407 g/mol. The summed E-state index contributed by atoms with van der Waals surface area (Å²) in [6.07, 6.45) is 1.03. The van der Waals surface area contributed by atoms with Gasteiger partial charge in [-0.3, -0.25) is 9.79 Å². The molecule has 0 radical (unpaired) electrons. The van der Waals surface area contributed by atoms with Crippen molar-refractivity contribution in [3.8, 4) is 0 Å². The van der Waals surface area contributed by atoms with E-state index in [9.17, 15) is 4.79 Å². The van der Waals surface area contributed by atoms with Gasteiger partial charge in [-0.15, -0.1) is 0 Å². The summed E-state index contributed by atoms with van der Waals surface area (Å²) in [6, 6.07) is 7.65. The van der Waals surface area contributed by atoms with E-state index < -0.39 is 0 Å². The number of methoxy groups -OCH3 is 1. The molecule has 0 aliphatic heterocycles. The first-order valence-corrected chi connectivity index (χ1v) is 10.1. The predicted octanol–water partition coefficient (Wildman–Crippen LogP) is 0.611. The Labute approximate surface area is 175 Å². The van der Waals surface area contributed by atoms with E-state index in [1.807, 2.05) is 43.3 Å². The molecule has 0 bridgehead atoms. The van der Waals surface area contributed by atoms with Crippen LogP contribution in [0, 0.1) is 0 Å². The van der Waals surface area contributed by atoms with Gasteiger partial charge in [0.05, 0.1) is 0 Å². The summed E-state index contributed by atoms with van der Waals surface area (Å²) in [5.41, 5.74) is 1.70. The molecule has 1 amide bonds. The minimum absolute atomic E-state index is 0.0484. The van der Waals surface area contributed by atoms with Crippen LogP contribution in [0.3, 0.4) is 0 Å². The molecule has 0 atom stereocenters. The quantitative estimate of drug-likeness (QED) is 0.253. The number of likely N-dealkylation sites (N-methyl/N-ethyl adjacent to an activating group) is 2. The third-order valence-corrected chi connectivity index (χ3v) is 4.39. The van der Waals surface area contributed by atoms with Crippen molar-refractivity contribution in [3.05, 3.63) is 35.4 Å². The Kier molecular flexibility index (Phi) is 12.7. The summed E-state index contributed by atoms with van der Waals surface area (Å²) >= 11 is 0. The standard InChI is InChI=1S/C21H38N6O2/c1-22-21(24-11-14-27(4)12-7-15-29-5)25-17-18-8-6-9-19(16-18)20(28)23-10-13-26(2)3/h6,8-9,16H,7,10-15,17H2,1-5H3,(H,23,28)(H2,22,24,25). The number of hydrogen-bond acceptors (Lipinski definition) is 5. The van der Waals surface area contributed by atoms with Gasteiger partial charge < -0.3 is 30.5 Å². The fourth-order valence-electron chi connectivity index (χ4n) is 2.68. The molecule has 0 unspecified atom stereocenters. The van der Waals surface area contributed by atoms with Gasteiger partial charge in [0.2, 0.25) is 0 Å². The number of carbonyl (C=O) groups excluding carboxylic acids is 1. The van der Waals surface area contributed by atoms with Crippen LogP contribution >= 0.6 is 0 Å². The number of amides is 1. The van der Waals surface area contributed by atoms with Crippen molar-refractivity contribution in [2.75, 3.05) is 74.6 Å². The molecular formula is C21H38N6O2. The topological polar surface area (TPSA) is 81.2 Å². The minimum atomic E-state index is -0.0484. The van der Waals surface area contributed by atoms with Crippen molar-refractivity contribution in [3.63, 3.8) is 0 Å². The highest BCUT2D eigenvalue weighted by Gasteiger charge is 2.07. The highest BCUT2D eigenvalue weighted by molar-refractivity contribution is 5.94. The zero-order valence-electron chi connectivity index (χ0n) is 18.6. The molecule has 0 aromatic heterocycles. The van der Waals surface area contributed by atoms with E-state index in [4.69, 9.17) is 4.74 Å². The van der Waals surface area contributed by atoms with Crippen molar-refractivity contribution in [1.29, 1.82) is 0 Å². The highest BCUT2D eigenvalue weighted by atomic mass is 16.5. The van der Waals surface area contributed by atoms with Crippen molar-refractivity contribution in [2.24, 2.45) is 4.99 Å². The Balaban J connectivity index is 2.39. The lowest BCUT2D eigenvalue weighted by Crippen LogP contribution is -2.40. The first kappa shape index (κ1) is 24.9. The lowest BCUT2D eigenvalue weighted by Gasteiger charge is -2.18. The Morgan fingerprint density at radius 2 is 1.83 bits per heavy atom. The zero-order valence-corrected chi connectivity index (χ0v) is 18.6. The van der Waals surface area contributed by atoms with Gasteiger partial charge in [0.15, 0.2) is 5.96 Å². The van der Waals surface area contributed by atoms with Crippen molar-refractivity contribution >= 4 is 11.9 Å². The van der Waals surface area contributed by atoms with E-state index in [-0.39, 0.29) is 5.91 Å². The molecule has 0 spiro atoms. The van der Waals surface area contributed by atoms with Crippen LogP contribution in [0.4, 0.5) is 0 Å². The van der Waals surface area contributed by atoms with Crippen LogP contribution in [0.25, 0.3) is 0 Å². The van der Waals surface area contributed by atoms with Crippen molar-refractivity contribution in [2.45, 2.75) is 13.0 Å². The van der Waals surface area contributed by atoms with Crippen LogP contribution in [0.2, 0.25) is 0 Å². The lowest BCUT2D eigenvalue weighted by molar-refractivity contribution is 0.0951. The Morgan fingerprint density at radius 1 is 1.07 bits per heavy atom. The maximum Gasteiger partial charge on any atom is 0.251 e. The number of nitrogens with zero attached hydrogens (tertiary/aromatic N) is 3. The minimum Gasteiger partial charge on any atom is -0.385 e. The molecule has 8 nitrogen and oxygen atoms in total. The number of rotatable bonds is 13. The molecule has 0 fully saturated rings. The average Bonchev–Trinajstić information content (AvgIpc) is 2.70. The van der Waals surface area contributed by atoms with Crippen LogP contribution < -0.4 is 16.0 Å². The molecule has 0 aliphatic rings. The maximum atomic E-state index is 12.3. The first-order chi connectivity index (χ1) is 14.0. The molecule has 3 N–H and O–H groups in total. The molecule has 1 aromatic carbocycles. The summed E-state index contributed by atoms with van der Waals surface area (Å²) < 4.78 is 5.08. The maximum absolute atomic E-state index is 12.3. The first-order valence-electron chi connectivity index (χ1n) is 10.1. The van der Waals surface area contributed by atoms with E-state index >= 15 is 0 Å². The third kappa shape index (κ3) is 11.4.